The van der Waals surface area contributed by atoms with Crippen LogP contribution in [0, 0.1) is 0 Å². The predicted octanol–water partition coefficient (Wildman–Crippen LogP) is 1.03. The van der Waals surface area contributed by atoms with E-state index in [2.05, 4.69) is 20.5 Å². The number of hydrogen-bond acceptors (Lipinski definition) is 3. The van der Waals surface area contributed by atoms with Gasteiger partial charge in [0.25, 0.3) is 0 Å². The Morgan fingerprint density at radius 1 is 1.27 bits per heavy atom. The summed E-state index contributed by atoms with van der Waals surface area (Å²) in [5.74, 6) is 0.732. The maximum Gasteiger partial charge on any atom is 0.146 e. The summed E-state index contributed by atoms with van der Waals surface area (Å²) < 4.78 is 0. The topological polar surface area (TPSA) is 84.6 Å². The fraction of sp³-hybridized carbons (Fsp3) is 0. The number of H-pyrrole nitrogens is 1. The minimum atomic E-state index is 0. The molecule has 0 atom stereocenters. The number of pyridine rings is 1. The molecule has 2 aromatic heterocycles. The summed E-state index contributed by atoms with van der Waals surface area (Å²) in [5, 5.41) is 4.02. The van der Waals surface area contributed by atoms with Gasteiger partial charge in [-0.3, -0.25) is 5.43 Å². The van der Waals surface area contributed by atoms with Gasteiger partial charge in [0.05, 0.1) is 11.9 Å². The Morgan fingerprint density at radius 2 is 2.20 bits per heavy atom. The molecule has 2 heterocycles. The van der Waals surface area contributed by atoms with E-state index in [1.54, 1.807) is 12.4 Å². The molecule has 5 nitrogen and oxygen atoms in total. The van der Waals surface area contributed by atoms with Gasteiger partial charge in [0, 0.05) is 12.4 Å². The molecule has 0 fully saturated rings. The van der Waals surface area contributed by atoms with Crippen molar-refractivity contribution < 1.29 is 5.48 Å². The Bertz CT molecular complexity index is 397. The van der Waals surface area contributed by atoms with Crippen molar-refractivity contribution in [2.24, 2.45) is 5.10 Å². The van der Waals surface area contributed by atoms with Crippen LogP contribution in [0.4, 0.5) is 5.82 Å². The van der Waals surface area contributed by atoms with Crippen molar-refractivity contribution in [3.63, 3.8) is 0 Å². The Labute approximate surface area is 87.2 Å². The van der Waals surface area contributed by atoms with Crippen molar-refractivity contribution in [1.82, 2.24) is 9.97 Å². The summed E-state index contributed by atoms with van der Waals surface area (Å²) in [6, 6.07) is 9.47. The van der Waals surface area contributed by atoms with E-state index in [-0.39, 0.29) is 5.48 Å². The maximum absolute atomic E-state index is 4.06. The molecule has 0 aliphatic carbocycles. The number of nitrogens with one attached hydrogen (secondary N) is 2. The van der Waals surface area contributed by atoms with E-state index in [1.165, 1.54) is 0 Å². The van der Waals surface area contributed by atoms with E-state index in [1.807, 2.05) is 36.5 Å². The van der Waals surface area contributed by atoms with Crippen LogP contribution in [0.5, 0.6) is 0 Å². The number of hydrogen-bond donors (Lipinski definition) is 2. The molecule has 78 valence electrons. The molecule has 0 saturated heterocycles. The van der Waals surface area contributed by atoms with Crippen LogP contribution in [0.3, 0.4) is 0 Å². The largest absolute Gasteiger partial charge is 0.412 e. The quantitative estimate of drug-likeness (QED) is 0.578. The standard InChI is InChI=1S/C10H10N4.H2O/c1-2-6-12-10(5-1)14-13-8-9-4-3-7-11-9;/h1-8,11H,(H,12,14);1H2/b13-8+;. The van der Waals surface area contributed by atoms with Gasteiger partial charge in [-0.2, -0.15) is 5.10 Å². The first-order chi connectivity index (χ1) is 6.95. The van der Waals surface area contributed by atoms with Crippen molar-refractivity contribution in [2.75, 3.05) is 5.43 Å². The van der Waals surface area contributed by atoms with Crippen LogP contribution in [0.1, 0.15) is 5.69 Å². The zero-order chi connectivity index (χ0) is 9.64. The second-order valence-corrected chi connectivity index (χ2v) is 2.71. The second kappa shape index (κ2) is 5.56. The molecule has 0 aliphatic heterocycles. The van der Waals surface area contributed by atoms with Gasteiger partial charge in [0.15, 0.2) is 0 Å². The number of aromatic nitrogens is 2. The normalized spacial score (nSPS) is 9.87. The van der Waals surface area contributed by atoms with Crippen LogP contribution in [0.25, 0.3) is 0 Å². The van der Waals surface area contributed by atoms with Crippen molar-refractivity contribution in [2.45, 2.75) is 0 Å². The van der Waals surface area contributed by atoms with E-state index in [9.17, 15) is 0 Å². The van der Waals surface area contributed by atoms with Crippen LogP contribution in [-0.2, 0) is 0 Å². The first kappa shape index (κ1) is 10.9. The van der Waals surface area contributed by atoms with Gasteiger partial charge >= 0.3 is 0 Å². The summed E-state index contributed by atoms with van der Waals surface area (Å²) in [6.45, 7) is 0. The molecule has 2 aromatic rings. The molecule has 0 amide bonds. The molecular formula is C10H12N4O. The number of rotatable bonds is 3. The number of anilines is 1. The summed E-state index contributed by atoms with van der Waals surface area (Å²) in [5.41, 5.74) is 3.77. The third-order valence-electron chi connectivity index (χ3n) is 1.67. The average Bonchev–Trinajstić information content (AvgIpc) is 2.72. The fourth-order valence-corrected chi connectivity index (χ4v) is 1.02. The van der Waals surface area contributed by atoms with Gasteiger partial charge < -0.3 is 10.5 Å². The smallest absolute Gasteiger partial charge is 0.146 e. The van der Waals surface area contributed by atoms with Gasteiger partial charge in [-0.1, -0.05) is 6.07 Å². The van der Waals surface area contributed by atoms with Crippen LogP contribution in [0.15, 0.2) is 47.8 Å². The third kappa shape index (κ3) is 3.24. The number of aromatic amines is 1. The van der Waals surface area contributed by atoms with Gasteiger partial charge in [-0.05, 0) is 24.3 Å². The summed E-state index contributed by atoms with van der Waals surface area (Å²) in [4.78, 5) is 7.08. The van der Waals surface area contributed by atoms with Crippen molar-refractivity contribution in [3.8, 4) is 0 Å². The second-order valence-electron chi connectivity index (χ2n) is 2.71. The van der Waals surface area contributed by atoms with Crippen molar-refractivity contribution in [1.29, 1.82) is 0 Å². The van der Waals surface area contributed by atoms with Gasteiger partial charge in [0.2, 0.25) is 0 Å². The Hall–Kier alpha value is -2.14. The van der Waals surface area contributed by atoms with E-state index < -0.39 is 0 Å². The molecule has 0 unspecified atom stereocenters. The highest BCUT2D eigenvalue weighted by Gasteiger charge is 1.87. The molecular weight excluding hydrogens is 192 g/mol. The molecule has 5 heteroatoms. The SMILES string of the molecule is C(=N\Nc1ccccn1)/c1ccc[nH]1.O. The Kier molecular flexibility index (Phi) is 4.05. The highest BCUT2D eigenvalue weighted by Crippen LogP contribution is 1.99. The Balaban J connectivity index is 0.00000112. The Morgan fingerprint density at radius 3 is 2.87 bits per heavy atom. The number of nitrogens with zero attached hydrogens (tertiary/aromatic N) is 2. The summed E-state index contributed by atoms with van der Waals surface area (Å²) in [6.07, 6.45) is 5.27. The molecule has 0 aromatic carbocycles. The summed E-state index contributed by atoms with van der Waals surface area (Å²) >= 11 is 0. The van der Waals surface area contributed by atoms with Crippen LogP contribution in [0.2, 0.25) is 0 Å². The van der Waals surface area contributed by atoms with Crippen LogP contribution in [-0.4, -0.2) is 21.7 Å². The minimum Gasteiger partial charge on any atom is -0.412 e. The molecule has 0 aliphatic rings. The lowest BCUT2D eigenvalue weighted by molar-refractivity contribution is 0.824. The van der Waals surface area contributed by atoms with E-state index in [4.69, 9.17) is 0 Å². The van der Waals surface area contributed by atoms with Crippen molar-refractivity contribution in [3.05, 3.63) is 48.4 Å². The predicted molar refractivity (Wildman–Crippen MR) is 59.9 cm³/mol. The maximum atomic E-state index is 4.06. The zero-order valence-electron chi connectivity index (χ0n) is 8.01. The van der Waals surface area contributed by atoms with E-state index >= 15 is 0 Å². The monoisotopic (exact) mass is 204 g/mol. The van der Waals surface area contributed by atoms with E-state index in [0.717, 1.165) is 11.5 Å². The lowest BCUT2D eigenvalue weighted by Crippen LogP contribution is -1.92. The first-order valence-corrected chi connectivity index (χ1v) is 4.28. The molecule has 0 radical (unpaired) electrons. The first-order valence-electron chi connectivity index (χ1n) is 4.28. The molecule has 2 rings (SSSR count). The molecule has 0 saturated carbocycles. The molecule has 0 bridgehead atoms. The average molecular weight is 204 g/mol. The van der Waals surface area contributed by atoms with Gasteiger partial charge in [0.1, 0.15) is 5.82 Å². The lowest BCUT2D eigenvalue weighted by atomic mass is 10.5. The van der Waals surface area contributed by atoms with Crippen LogP contribution < -0.4 is 5.43 Å². The number of hydrazone groups is 1. The summed E-state index contributed by atoms with van der Waals surface area (Å²) in [7, 11) is 0. The highest BCUT2D eigenvalue weighted by molar-refractivity contribution is 5.77. The van der Waals surface area contributed by atoms with E-state index in [0.29, 0.717) is 0 Å². The van der Waals surface area contributed by atoms with Crippen LogP contribution >= 0.6 is 0 Å². The molecule has 15 heavy (non-hydrogen) atoms. The van der Waals surface area contributed by atoms with Gasteiger partial charge in [-0.25, -0.2) is 4.98 Å². The third-order valence-corrected chi connectivity index (χ3v) is 1.67. The van der Waals surface area contributed by atoms with Crippen molar-refractivity contribution >= 4 is 12.0 Å². The zero-order valence-corrected chi connectivity index (χ0v) is 8.01. The molecule has 4 N–H and O–H groups in total. The highest BCUT2D eigenvalue weighted by atomic mass is 16.0. The lowest BCUT2D eigenvalue weighted by Gasteiger charge is -1.95. The molecule has 0 spiro atoms. The fourth-order valence-electron chi connectivity index (χ4n) is 1.02. The minimum absolute atomic E-state index is 0. The van der Waals surface area contributed by atoms with Gasteiger partial charge in [-0.15, -0.1) is 0 Å².